The van der Waals surface area contributed by atoms with Crippen LogP contribution < -0.4 is 5.11 Å². The first-order valence-electron chi connectivity index (χ1n) is 8.58. The molecule has 1 N–H and O–H groups in total. The van der Waals surface area contributed by atoms with Gasteiger partial charge in [-0.15, -0.1) is 0 Å². The van der Waals surface area contributed by atoms with E-state index in [9.17, 15) is 9.90 Å². The Bertz CT molecular complexity index is 204. The van der Waals surface area contributed by atoms with Gasteiger partial charge in [0, 0.05) is 12.6 Å². The minimum absolute atomic E-state index is 0.221. The Morgan fingerprint density at radius 2 is 0.900 bits per heavy atom. The summed E-state index contributed by atoms with van der Waals surface area (Å²) in [6.07, 6.45) is 17.2. The zero-order chi connectivity index (χ0) is 14.9. The summed E-state index contributed by atoms with van der Waals surface area (Å²) in [5, 5.41) is 18.9. The van der Waals surface area contributed by atoms with E-state index in [4.69, 9.17) is 5.11 Å². The standard InChI is InChI=1S/C17H34O3/c18-16-14-12-10-8-6-4-2-1-3-5-7-9-11-13-15-17(19)20/h18H,1-16H2,(H,19,20)/p-1. The fraction of sp³-hybridized carbons (Fsp3) is 0.941. The first kappa shape index (κ1) is 19.4. The van der Waals surface area contributed by atoms with Gasteiger partial charge in [0.05, 0.1) is 0 Å². The number of aliphatic carboxylic acids is 1. The van der Waals surface area contributed by atoms with Crippen LogP contribution in [0, 0.1) is 0 Å². The number of carboxylic acid groups (broad SMARTS) is 1. The van der Waals surface area contributed by atoms with E-state index in [0.717, 1.165) is 25.7 Å². The number of unbranched alkanes of at least 4 members (excludes halogenated alkanes) is 13. The molecule has 0 heterocycles. The Morgan fingerprint density at radius 1 is 0.600 bits per heavy atom. The topological polar surface area (TPSA) is 60.4 Å². The fourth-order valence-electron chi connectivity index (χ4n) is 2.50. The van der Waals surface area contributed by atoms with Crippen molar-refractivity contribution in [2.24, 2.45) is 0 Å². The Morgan fingerprint density at radius 3 is 1.20 bits per heavy atom. The summed E-state index contributed by atoms with van der Waals surface area (Å²) in [6, 6.07) is 0. The van der Waals surface area contributed by atoms with Gasteiger partial charge in [-0.25, -0.2) is 0 Å². The minimum atomic E-state index is -0.915. The van der Waals surface area contributed by atoms with Crippen LogP contribution in [0.5, 0.6) is 0 Å². The third-order valence-electron chi connectivity index (χ3n) is 3.79. The maximum absolute atomic E-state index is 10.2. The van der Waals surface area contributed by atoms with Gasteiger partial charge in [0.2, 0.25) is 0 Å². The van der Waals surface area contributed by atoms with Gasteiger partial charge in [-0.1, -0.05) is 77.0 Å². The third kappa shape index (κ3) is 17.4. The largest absolute Gasteiger partial charge is 0.550 e. The zero-order valence-corrected chi connectivity index (χ0v) is 13.1. The van der Waals surface area contributed by atoms with Gasteiger partial charge < -0.3 is 15.0 Å². The highest BCUT2D eigenvalue weighted by Gasteiger charge is 1.94. The van der Waals surface area contributed by atoms with E-state index in [1.54, 1.807) is 0 Å². The molecule has 0 aromatic rings. The van der Waals surface area contributed by atoms with Gasteiger partial charge in [-0.3, -0.25) is 0 Å². The molecule has 0 radical (unpaired) electrons. The molecule has 0 aliphatic carbocycles. The van der Waals surface area contributed by atoms with Crippen molar-refractivity contribution >= 4 is 5.97 Å². The zero-order valence-electron chi connectivity index (χ0n) is 13.1. The van der Waals surface area contributed by atoms with E-state index in [-0.39, 0.29) is 6.42 Å². The van der Waals surface area contributed by atoms with Crippen molar-refractivity contribution in [3.8, 4) is 0 Å². The summed E-state index contributed by atoms with van der Waals surface area (Å²) in [4.78, 5) is 10.2. The summed E-state index contributed by atoms with van der Waals surface area (Å²) in [5.41, 5.74) is 0. The van der Waals surface area contributed by atoms with Crippen LogP contribution in [0.2, 0.25) is 0 Å². The van der Waals surface area contributed by atoms with E-state index in [0.29, 0.717) is 6.61 Å². The molecule has 0 atom stereocenters. The Kier molecular flexibility index (Phi) is 16.0. The van der Waals surface area contributed by atoms with Crippen LogP contribution in [0.4, 0.5) is 0 Å². The number of carbonyl (C=O) groups is 1. The number of rotatable bonds is 16. The van der Waals surface area contributed by atoms with Gasteiger partial charge in [-0.05, 0) is 19.3 Å². The molecule has 0 saturated heterocycles. The number of aliphatic hydroxyl groups is 1. The Balaban J connectivity index is 2.94. The molecule has 0 aromatic carbocycles. The van der Waals surface area contributed by atoms with Crippen LogP contribution in [-0.4, -0.2) is 17.7 Å². The molecule has 0 amide bonds. The number of carboxylic acids is 1. The average molecular weight is 285 g/mol. The SMILES string of the molecule is O=C([O-])CCCCCCCCCCCCCCCCO. The highest BCUT2D eigenvalue weighted by molar-refractivity contribution is 5.63. The Hall–Kier alpha value is -0.570. The number of hydrogen-bond acceptors (Lipinski definition) is 3. The monoisotopic (exact) mass is 285 g/mol. The third-order valence-corrected chi connectivity index (χ3v) is 3.79. The molecule has 0 aromatic heterocycles. The Labute approximate surface area is 124 Å². The fourth-order valence-corrected chi connectivity index (χ4v) is 2.50. The van der Waals surface area contributed by atoms with Gasteiger partial charge in [-0.2, -0.15) is 0 Å². The molecule has 3 heteroatoms. The van der Waals surface area contributed by atoms with Gasteiger partial charge in [0.15, 0.2) is 0 Å². The normalized spacial score (nSPS) is 10.8. The lowest BCUT2D eigenvalue weighted by molar-refractivity contribution is -0.305. The molecule has 0 spiro atoms. The van der Waals surface area contributed by atoms with E-state index < -0.39 is 5.97 Å². The molecule has 0 bridgehead atoms. The predicted molar refractivity (Wildman–Crippen MR) is 81.3 cm³/mol. The van der Waals surface area contributed by atoms with Gasteiger partial charge in [0.1, 0.15) is 0 Å². The maximum atomic E-state index is 10.2. The molecule has 3 nitrogen and oxygen atoms in total. The van der Waals surface area contributed by atoms with Crippen molar-refractivity contribution in [1.29, 1.82) is 0 Å². The van der Waals surface area contributed by atoms with E-state index in [1.165, 1.54) is 64.2 Å². The summed E-state index contributed by atoms with van der Waals surface area (Å²) in [5.74, 6) is -0.915. The van der Waals surface area contributed by atoms with Crippen LogP contribution in [0.1, 0.15) is 96.3 Å². The van der Waals surface area contributed by atoms with Crippen molar-refractivity contribution in [3.63, 3.8) is 0 Å². The number of hydrogen-bond donors (Lipinski definition) is 1. The number of carbonyl (C=O) groups excluding carboxylic acids is 1. The second kappa shape index (κ2) is 16.5. The first-order chi connectivity index (χ1) is 9.77. The van der Waals surface area contributed by atoms with E-state index >= 15 is 0 Å². The predicted octanol–water partition coefficient (Wildman–Crippen LogP) is 3.58. The van der Waals surface area contributed by atoms with Crippen LogP contribution in [-0.2, 0) is 4.79 Å². The molecule has 0 fully saturated rings. The molecule has 0 aliphatic rings. The molecule has 0 aliphatic heterocycles. The second-order valence-corrected chi connectivity index (χ2v) is 5.80. The van der Waals surface area contributed by atoms with Crippen LogP contribution in [0.3, 0.4) is 0 Å². The minimum Gasteiger partial charge on any atom is -0.550 e. The summed E-state index contributed by atoms with van der Waals surface area (Å²) in [6.45, 7) is 0.340. The molecule has 0 saturated carbocycles. The lowest BCUT2D eigenvalue weighted by atomic mass is 10.0. The molecular formula is C17H33O3-. The van der Waals surface area contributed by atoms with Crippen LogP contribution >= 0.6 is 0 Å². The maximum Gasteiger partial charge on any atom is 0.0431 e. The van der Waals surface area contributed by atoms with Crippen molar-refractivity contribution < 1.29 is 15.0 Å². The van der Waals surface area contributed by atoms with Crippen molar-refractivity contribution in [2.75, 3.05) is 6.61 Å². The van der Waals surface area contributed by atoms with E-state index in [1.807, 2.05) is 0 Å². The average Bonchev–Trinajstić information content (AvgIpc) is 2.43. The summed E-state index contributed by atoms with van der Waals surface area (Å²) >= 11 is 0. The van der Waals surface area contributed by atoms with Crippen molar-refractivity contribution in [2.45, 2.75) is 96.3 Å². The molecular weight excluding hydrogens is 252 g/mol. The quantitative estimate of drug-likeness (QED) is 0.441. The summed E-state index contributed by atoms with van der Waals surface area (Å²) in [7, 11) is 0. The van der Waals surface area contributed by atoms with Gasteiger partial charge in [0.25, 0.3) is 0 Å². The first-order valence-corrected chi connectivity index (χ1v) is 8.58. The van der Waals surface area contributed by atoms with Crippen molar-refractivity contribution in [1.82, 2.24) is 0 Å². The highest BCUT2D eigenvalue weighted by atomic mass is 16.4. The molecule has 120 valence electrons. The number of aliphatic hydroxyl groups excluding tert-OH is 1. The smallest absolute Gasteiger partial charge is 0.0431 e. The van der Waals surface area contributed by atoms with Crippen LogP contribution in [0.25, 0.3) is 0 Å². The lowest BCUT2D eigenvalue weighted by Crippen LogP contribution is -2.21. The molecule has 20 heavy (non-hydrogen) atoms. The lowest BCUT2D eigenvalue weighted by Gasteiger charge is -2.03. The van der Waals surface area contributed by atoms with Crippen LogP contribution in [0.15, 0.2) is 0 Å². The highest BCUT2D eigenvalue weighted by Crippen LogP contribution is 2.13. The summed E-state index contributed by atoms with van der Waals surface area (Å²) < 4.78 is 0. The molecule has 0 unspecified atom stereocenters. The second-order valence-electron chi connectivity index (χ2n) is 5.80. The molecule has 0 rings (SSSR count). The van der Waals surface area contributed by atoms with Crippen molar-refractivity contribution in [3.05, 3.63) is 0 Å². The van der Waals surface area contributed by atoms with Gasteiger partial charge >= 0.3 is 0 Å². The van der Waals surface area contributed by atoms with E-state index in [2.05, 4.69) is 0 Å².